The van der Waals surface area contributed by atoms with Gasteiger partial charge in [0.05, 0.1) is 0 Å². The van der Waals surface area contributed by atoms with Gasteiger partial charge in [0, 0.05) is 44.9 Å². The number of esters is 5. The van der Waals surface area contributed by atoms with Crippen LogP contribution in [0.2, 0.25) is 0 Å². The number of carbonyl (C=O) groups excluding carboxylic acids is 5. The van der Waals surface area contributed by atoms with Crippen molar-refractivity contribution >= 4 is 29.8 Å². The first kappa shape index (κ1) is 35.6. The zero-order valence-corrected chi connectivity index (χ0v) is 28.1. The average Bonchev–Trinajstić information content (AvgIpc) is 3.53. The Hall–Kier alpha value is -3.25. The maximum Gasteiger partial charge on any atom is 0.342 e. The van der Waals surface area contributed by atoms with Crippen LogP contribution < -0.4 is 0 Å². The lowest BCUT2D eigenvalue weighted by Gasteiger charge is -2.55. The van der Waals surface area contributed by atoms with Gasteiger partial charge in [-0.3, -0.25) is 19.2 Å². The van der Waals surface area contributed by atoms with E-state index in [1.807, 2.05) is 0 Å². The van der Waals surface area contributed by atoms with Gasteiger partial charge < -0.3 is 33.5 Å². The molecule has 1 N–H and O–H groups in total. The summed E-state index contributed by atoms with van der Waals surface area (Å²) in [5.41, 5.74) is -5.99. The Labute approximate surface area is 270 Å². The Morgan fingerprint density at radius 1 is 0.935 bits per heavy atom. The molecule has 2 aliphatic carbocycles. The molecule has 46 heavy (non-hydrogen) atoms. The number of hydrogen-bond acceptors (Lipinski definition) is 12. The lowest BCUT2D eigenvalue weighted by atomic mass is 9.55. The van der Waals surface area contributed by atoms with Gasteiger partial charge in [-0.25, -0.2) is 4.79 Å². The molecule has 2 fully saturated rings. The van der Waals surface area contributed by atoms with E-state index in [2.05, 4.69) is 6.92 Å². The minimum Gasteiger partial charge on any atom is -0.461 e. The first-order chi connectivity index (χ1) is 21.4. The fourth-order valence-electron chi connectivity index (χ4n) is 7.65. The summed E-state index contributed by atoms with van der Waals surface area (Å²) >= 11 is 0. The summed E-state index contributed by atoms with van der Waals surface area (Å²) in [6.07, 6.45) is 3.99. The highest BCUT2D eigenvalue weighted by Crippen LogP contribution is 2.65. The number of fused-ring (bicyclic) bond motifs is 1. The molecule has 0 saturated carbocycles. The lowest BCUT2D eigenvalue weighted by molar-refractivity contribution is -0.220. The zero-order valence-electron chi connectivity index (χ0n) is 28.1. The van der Waals surface area contributed by atoms with Crippen LogP contribution in [-0.4, -0.2) is 82.3 Å². The quantitative estimate of drug-likeness (QED) is 0.120. The van der Waals surface area contributed by atoms with Crippen LogP contribution in [0.1, 0.15) is 100 Å². The fourth-order valence-corrected chi connectivity index (χ4v) is 7.65. The van der Waals surface area contributed by atoms with Crippen molar-refractivity contribution in [3.8, 4) is 0 Å². The van der Waals surface area contributed by atoms with E-state index < -0.39 is 88.5 Å². The van der Waals surface area contributed by atoms with Gasteiger partial charge in [0.25, 0.3) is 0 Å². The van der Waals surface area contributed by atoms with Crippen molar-refractivity contribution in [3.05, 3.63) is 23.8 Å². The summed E-state index contributed by atoms with van der Waals surface area (Å²) in [6.45, 7) is 12.1. The minimum absolute atomic E-state index is 0.0340. The van der Waals surface area contributed by atoms with Crippen molar-refractivity contribution in [1.29, 1.82) is 0 Å². The van der Waals surface area contributed by atoms with Crippen molar-refractivity contribution in [2.75, 3.05) is 0 Å². The van der Waals surface area contributed by atoms with Gasteiger partial charge in [-0.1, -0.05) is 45.6 Å². The van der Waals surface area contributed by atoms with Crippen molar-refractivity contribution in [1.82, 2.24) is 0 Å². The molecular formula is C34H48O12. The number of aliphatic hydroxyl groups is 1. The van der Waals surface area contributed by atoms with Crippen LogP contribution in [0.25, 0.3) is 0 Å². The Bertz CT molecular complexity index is 1300. The van der Waals surface area contributed by atoms with E-state index in [0.717, 1.165) is 25.7 Å². The molecule has 256 valence electrons. The zero-order chi connectivity index (χ0) is 34.2. The normalized spacial score (nSPS) is 40.5. The molecule has 0 bridgehead atoms. The molecule has 2 saturated heterocycles. The predicted molar refractivity (Wildman–Crippen MR) is 162 cm³/mol. The van der Waals surface area contributed by atoms with Crippen LogP contribution in [0.4, 0.5) is 0 Å². The molecule has 0 unspecified atom stereocenters. The largest absolute Gasteiger partial charge is 0.461 e. The van der Waals surface area contributed by atoms with Gasteiger partial charge in [0.2, 0.25) is 0 Å². The van der Waals surface area contributed by atoms with Gasteiger partial charge in [0.15, 0.2) is 17.3 Å². The summed E-state index contributed by atoms with van der Waals surface area (Å²) in [6, 6.07) is 0. The smallest absolute Gasteiger partial charge is 0.342 e. The van der Waals surface area contributed by atoms with Crippen LogP contribution in [0.5, 0.6) is 0 Å². The molecule has 4 rings (SSSR count). The van der Waals surface area contributed by atoms with Crippen molar-refractivity contribution in [2.24, 2.45) is 11.3 Å². The highest BCUT2D eigenvalue weighted by atomic mass is 16.7. The van der Waals surface area contributed by atoms with E-state index in [0.29, 0.717) is 12.0 Å². The first-order valence-electron chi connectivity index (χ1n) is 16.2. The number of rotatable bonds is 10. The fraction of sp³-hybridized carbons (Fsp3) is 0.735. The lowest BCUT2D eigenvalue weighted by Crippen LogP contribution is -2.67. The Kier molecular flexibility index (Phi) is 10.1. The summed E-state index contributed by atoms with van der Waals surface area (Å²) in [7, 11) is 0. The highest BCUT2D eigenvalue weighted by molar-refractivity contribution is 5.89. The number of carbonyl (C=O) groups is 5. The standard InChI is InChI=1S/C34H48O12/c1-9-10-11-12-13-14-27(38)44-23-18-25(42-21(4)36)31(6)16-15-24(41-20(3)35)32(7,40)28(31)29(43-22(5)37)34-26(17-19(23)2)45-30(39)33(34,8)46-34/h15-17,23-26,28-29,40H,9-14,18H2,1-8H3/b19-17-/t23-,24-,25+,26+,28-,29+,31+,32-,33+,34+/m1/s1. The summed E-state index contributed by atoms with van der Waals surface area (Å²) in [5, 5.41) is 12.3. The van der Waals surface area contributed by atoms with Crippen LogP contribution in [0.3, 0.4) is 0 Å². The Balaban J connectivity index is 1.89. The van der Waals surface area contributed by atoms with Crippen LogP contribution in [0.15, 0.2) is 23.8 Å². The van der Waals surface area contributed by atoms with Gasteiger partial charge in [-0.2, -0.15) is 0 Å². The minimum atomic E-state index is -1.96. The van der Waals surface area contributed by atoms with E-state index in [1.54, 1.807) is 26.0 Å². The molecule has 1 spiro atoms. The summed E-state index contributed by atoms with van der Waals surface area (Å²) < 4.78 is 35.5. The third-order valence-electron chi connectivity index (χ3n) is 10.1. The van der Waals surface area contributed by atoms with Crippen LogP contribution in [0, 0.1) is 11.3 Å². The molecule has 0 aromatic rings. The molecule has 12 heteroatoms. The second-order valence-electron chi connectivity index (χ2n) is 13.6. The molecule has 4 aliphatic rings. The monoisotopic (exact) mass is 648 g/mol. The molecule has 0 radical (unpaired) electrons. The Morgan fingerprint density at radius 2 is 1.57 bits per heavy atom. The molecular weight excluding hydrogens is 600 g/mol. The molecule has 12 nitrogen and oxygen atoms in total. The third kappa shape index (κ3) is 6.34. The summed E-state index contributed by atoms with van der Waals surface area (Å²) in [5.74, 6) is -4.35. The topological polar surface area (TPSA) is 164 Å². The second-order valence-corrected chi connectivity index (χ2v) is 13.6. The van der Waals surface area contributed by atoms with E-state index in [1.165, 1.54) is 40.7 Å². The van der Waals surface area contributed by atoms with E-state index in [4.69, 9.17) is 28.4 Å². The molecule has 2 heterocycles. The number of unbranched alkanes of at least 4 members (excludes halogenated alkanes) is 4. The predicted octanol–water partition coefficient (Wildman–Crippen LogP) is 3.80. The molecule has 10 atom stereocenters. The van der Waals surface area contributed by atoms with Crippen molar-refractivity contribution in [3.63, 3.8) is 0 Å². The Morgan fingerprint density at radius 3 is 2.15 bits per heavy atom. The van der Waals surface area contributed by atoms with Crippen molar-refractivity contribution in [2.45, 2.75) is 148 Å². The van der Waals surface area contributed by atoms with Gasteiger partial charge in [-0.15, -0.1) is 0 Å². The summed E-state index contributed by atoms with van der Waals surface area (Å²) in [4.78, 5) is 63.9. The van der Waals surface area contributed by atoms with E-state index >= 15 is 0 Å². The van der Waals surface area contributed by atoms with E-state index in [9.17, 15) is 29.1 Å². The number of epoxide rings is 1. The van der Waals surface area contributed by atoms with Gasteiger partial charge >= 0.3 is 29.8 Å². The number of hydrogen-bond donors (Lipinski definition) is 1. The molecule has 0 aromatic heterocycles. The molecule has 0 amide bonds. The maximum absolute atomic E-state index is 13.3. The second kappa shape index (κ2) is 13.1. The SMILES string of the molecule is CCCCCCCC(=O)O[C@@H]1C[C@H](OC(C)=O)[C@]2(C)C=C[C@@H](OC(C)=O)[C@@](C)(O)[C@@H]2[C@H](OC(C)=O)[C@]23O[C@@]2(C)C(=O)O[C@H]3/C=C\1C. The van der Waals surface area contributed by atoms with Crippen LogP contribution >= 0.6 is 0 Å². The maximum atomic E-state index is 13.3. The molecule has 2 aliphatic heterocycles. The average molecular weight is 649 g/mol. The molecule has 0 aromatic carbocycles. The third-order valence-corrected chi connectivity index (χ3v) is 10.1. The van der Waals surface area contributed by atoms with Gasteiger partial charge in [0.1, 0.15) is 30.0 Å². The first-order valence-corrected chi connectivity index (χ1v) is 16.2. The van der Waals surface area contributed by atoms with Crippen molar-refractivity contribution < 1.29 is 57.5 Å². The highest BCUT2D eigenvalue weighted by Gasteiger charge is 2.87. The van der Waals surface area contributed by atoms with Gasteiger partial charge in [-0.05, 0) is 44.9 Å². The van der Waals surface area contributed by atoms with E-state index in [-0.39, 0.29) is 12.8 Å². The number of ether oxygens (including phenoxy) is 6. The van der Waals surface area contributed by atoms with Crippen LogP contribution in [-0.2, 0) is 52.4 Å².